The summed E-state index contributed by atoms with van der Waals surface area (Å²) in [6.45, 7) is 0. The van der Waals surface area contributed by atoms with E-state index < -0.39 is 0 Å². The van der Waals surface area contributed by atoms with Crippen molar-refractivity contribution in [1.29, 1.82) is 5.26 Å². The molecule has 0 saturated carbocycles. The fraction of sp³-hybridized carbons (Fsp3) is 0.111. The summed E-state index contributed by atoms with van der Waals surface area (Å²) in [5.41, 5.74) is 8.95. The van der Waals surface area contributed by atoms with Crippen LogP contribution in [0.25, 0.3) is 10.9 Å². The summed E-state index contributed by atoms with van der Waals surface area (Å²) in [7, 11) is 0. The smallest absolute Gasteiger partial charge is 0.225 e. The largest absolute Gasteiger partial charge is 0.369 e. The summed E-state index contributed by atoms with van der Waals surface area (Å²) in [5, 5.41) is 9.90. The summed E-state index contributed by atoms with van der Waals surface area (Å²) in [4.78, 5) is 14.9. The number of hydrogen-bond acceptors (Lipinski definition) is 2. The van der Waals surface area contributed by atoms with E-state index in [0.29, 0.717) is 12.0 Å². The maximum atomic E-state index is 11.9. The van der Waals surface area contributed by atoms with Gasteiger partial charge in [-0.2, -0.15) is 5.26 Å². The number of primary amides is 1. The Labute approximate surface area is 128 Å². The van der Waals surface area contributed by atoms with Crippen molar-refractivity contribution in [1.82, 2.24) is 4.98 Å². The van der Waals surface area contributed by atoms with E-state index in [1.165, 1.54) is 0 Å². The minimum atomic E-state index is -0.388. The van der Waals surface area contributed by atoms with Crippen LogP contribution in [0.5, 0.6) is 0 Å². The Bertz CT molecular complexity index is 859. The third kappa shape index (κ3) is 2.57. The topological polar surface area (TPSA) is 82.7 Å². The fourth-order valence-corrected chi connectivity index (χ4v) is 2.69. The number of carbonyl (C=O) groups excluding carboxylic acids is 1. The van der Waals surface area contributed by atoms with Crippen LogP contribution in [0.4, 0.5) is 0 Å². The van der Waals surface area contributed by atoms with Gasteiger partial charge in [-0.05, 0) is 23.6 Å². The molecule has 3 N–H and O–H groups in total. The van der Waals surface area contributed by atoms with Crippen LogP contribution in [0.1, 0.15) is 22.6 Å². The SMILES string of the molecule is N#Cc1c[nH]c2cc(C(Cc3ccccc3)C(N)=O)ccc12. The highest BCUT2D eigenvalue weighted by Gasteiger charge is 2.19. The van der Waals surface area contributed by atoms with Gasteiger partial charge in [-0.15, -0.1) is 0 Å². The number of aromatic amines is 1. The minimum absolute atomic E-state index is 0.352. The molecule has 0 fully saturated rings. The molecular weight excluding hydrogens is 274 g/mol. The van der Waals surface area contributed by atoms with E-state index in [4.69, 9.17) is 11.0 Å². The quantitative estimate of drug-likeness (QED) is 0.774. The van der Waals surface area contributed by atoms with Gasteiger partial charge in [0.15, 0.2) is 0 Å². The first-order valence-electron chi connectivity index (χ1n) is 7.03. The van der Waals surface area contributed by atoms with Crippen LogP contribution in [-0.4, -0.2) is 10.9 Å². The van der Waals surface area contributed by atoms with Gasteiger partial charge < -0.3 is 10.7 Å². The molecule has 0 aliphatic heterocycles. The van der Waals surface area contributed by atoms with E-state index in [2.05, 4.69) is 11.1 Å². The summed E-state index contributed by atoms with van der Waals surface area (Å²) < 4.78 is 0. The predicted molar refractivity (Wildman–Crippen MR) is 85.1 cm³/mol. The van der Waals surface area contributed by atoms with Gasteiger partial charge in [0, 0.05) is 17.1 Å². The molecule has 22 heavy (non-hydrogen) atoms. The summed E-state index contributed by atoms with van der Waals surface area (Å²) in [5.74, 6) is -0.740. The highest BCUT2D eigenvalue weighted by molar-refractivity contribution is 5.88. The number of fused-ring (bicyclic) bond motifs is 1. The highest BCUT2D eigenvalue weighted by Crippen LogP contribution is 2.26. The van der Waals surface area contributed by atoms with E-state index >= 15 is 0 Å². The molecule has 1 amide bonds. The third-order valence-corrected chi connectivity index (χ3v) is 3.85. The monoisotopic (exact) mass is 289 g/mol. The van der Waals surface area contributed by atoms with Crippen LogP contribution in [0.15, 0.2) is 54.7 Å². The zero-order valence-corrected chi connectivity index (χ0v) is 11.9. The lowest BCUT2D eigenvalue weighted by Gasteiger charge is -2.14. The van der Waals surface area contributed by atoms with Crippen molar-refractivity contribution in [3.05, 3.63) is 71.4 Å². The molecule has 3 aromatic rings. The number of H-pyrrole nitrogens is 1. The number of aromatic nitrogens is 1. The first kappa shape index (κ1) is 13.9. The lowest BCUT2D eigenvalue weighted by Crippen LogP contribution is -2.23. The fourth-order valence-electron chi connectivity index (χ4n) is 2.69. The Hall–Kier alpha value is -3.06. The Kier molecular flexibility index (Phi) is 3.63. The molecule has 2 aromatic carbocycles. The maximum Gasteiger partial charge on any atom is 0.225 e. The van der Waals surface area contributed by atoms with Crippen LogP contribution in [0.3, 0.4) is 0 Å². The molecule has 0 aliphatic rings. The zero-order chi connectivity index (χ0) is 15.5. The van der Waals surface area contributed by atoms with Gasteiger partial charge in [0.1, 0.15) is 6.07 Å². The first-order chi connectivity index (χ1) is 10.7. The lowest BCUT2D eigenvalue weighted by atomic mass is 9.91. The second-order valence-electron chi connectivity index (χ2n) is 5.26. The molecule has 4 heteroatoms. The summed E-state index contributed by atoms with van der Waals surface area (Å²) in [6, 6.07) is 17.6. The number of nitriles is 1. The lowest BCUT2D eigenvalue weighted by molar-refractivity contribution is -0.119. The zero-order valence-electron chi connectivity index (χ0n) is 11.9. The molecule has 4 nitrogen and oxygen atoms in total. The maximum absolute atomic E-state index is 11.9. The molecular formula is C18H15N3O. The number of carbonyl (C=O) groups is 1. The average molecular weight is 289 g/mol. The van der Waals surface area contributed by atoms with Gasteiger partial charge in [-0.25, -0.2) is 0 Å². The van der Waals surface area contributed by atoms with E-state index in [0.717, 1.165) is 22.0 Å². The van der Waals surface area contributed by atoms with Crippen molar-refractivity contribution in [2.45, 2.75) is 12.3 Å². The van der Waals surface area contributed by atoms with Gasteiger partial charge in [-0.3, -0.25) is 4.79 Å². The van der Waals surface area contributed by atoms with Gasteiger partial charge in [0.05, 0.1) is 11.5 Å². The Morgan fingerprint density at radius 2 is 2.00 bits per heavy atom. The minimum Gasteiger partial charge on any atom is -0.369 e. The summed E-state index contributed by atoms with van der Waals surface area (Å²) >= 11 is 0. The van der Waals surface area contributed by atoms with Gasteiger partial charge in [0.2, 0.25) is 5.91 Å². The number of amides is 1. The van der Waals surface area contributed by atoms with Crippen molar-refractivity contribution in [3.63, 3.8) is 0 Å². The van der Waals surface area contributed by atoms with Crippen LogP contribution >= 0.6 is 0 Å². The number of nitrogens with two attached hydrogens (primary N) is 1. The van der Waals surface area contributed by atoms with Crippen molar-refractivity contribution in [2.24, 2.45) is 5.73 Å². The van der Waals surface area contributed by atoms with Gasteiger partial charge in [0.25, 0.3) is 0 Å². The molecule has 0 radical (unpaired) electrons. The first-order valence-corrected chi connectivity index (χ1v) is 7.03. The Morgan fingerprint density at radius 1 is 1.23 bits per heavy atom. The summed E-state index contributed by atoms with van der Waals surface area (Å²) in [6.07, 6.45) is 2.23. The molecule has 108 valence electrons. The molecule has 3 rings (SSSR count). The highest BCUT2D eigenvalue weighted by atomic mass is 16.1. The van der Waals surface area contributed by atoms with Crippen molar-refractivity contribution < 1.29 is 4.79 Å². The number of nitrogens with zero attached hydrogens (tertiary/aromatic N) is 1. The normalized spacial score (nSPS) is 12.0. The average Bonchev–Trinajstić information content (AvgIpc) is 2.95. The predicted octanol–water partition coefficient (Wildman–Crippen LogP) is 2.85. The molecule has 1 heterocycles. The third-order valence-electron chi connectivity index (χ3n) is 3.85. The van der Waals surface area contributed by atoms with E-state index in [-0.39, 0.29) is 11.8 Å². The number of benzene rings is 2. The van der Waals surface area contributed by atoms with Crippen molar-refractivity contribution in [2.75, 3.05) is 0 Å². The second kappa shape index (κ2) is 5.74. The van der Waals surface area contributed by atoms with E-state index in [1.807, 2.05) is 48.5 Å². The second-order valence-corrected chi connectivity index (χ2v) is 5.26. The number of hydrogen-bond donors (Lipinski definition) is 2. The molecule has 0 saturated heterocycles. The van der Waals surface area contributed by atoms with Crippen LogP contribution < -0.4 is 5.73 Å². The molecule has 0 aliphatic carbocycles. The van der Waals surface area contributed by atoms with E-state index in [9.17, 15) is 4.79 Å². The van der Waals surface area contributed by atoms with Crippen molar-refractivity contribution in [3.8, 4) is 6.07 Å². The number of nitrogens with one attached hydrogen (secondary N) is 1. The molecule has 1 aromatic heterocycles. The van der Waals surface area contributed by atoms with E-state index in [1.54, 1.807) is 6.20 Å². The van der Waals surface area contributed by atoms with Gasteiger partial charge in [-0.1, -0.05) is 42.5 Å². The van der Waals surface area contributed by atoms with Gasteiger partial charge >= 0.3 is 0 Å². The Balaban J connectivity index is 1.98. The standard InChI is InChI=1S/C18H15N3O/c19-10-14-11-21-17-9-13(6-7-15(14)17)16(18(20)22)8-12-4-2-1-3-5-12/h1-7,9,11,16,21H,8H2,(H2,20,22). The molecule has 0 bridgehead atoms. The van der Waals surface area contributed by atoms with Crippen LogP contribution in [-0.2, 0) is 11.2 Å². The molecule has 1 unspecified atom stereocenters. The van der Waals surface area contributed by atoms with Crippen molar-refractivity contribution >= 4 is 16.8 Å². The Morgan fingerprint density at radius 3 is 2.68 bits per heavy atom. The van der Waals surface area contributed by atoms with Crippen LogP contribution in [0, 0.1) is 11.3 Å². The molecule has 0 spiro atoms. The molecule has 1 atom stereocenters. The number of rotatable bonds is 4. The van der Waals surface area contributed by atoms with Crippen LogP contribution in [0.2, 0.25) is 0 Å².